The molecule has 0 radical (unpaired) electrons. The first kappa shape index (κ1) is 19.4. The summed E-state index contributed by atoms with van der Waals surface area (Å²) in [4.78, 5) is 49.8. The molecule has 154 valence electrons. The van der Waals surface area contributed by atoms with E-state index in [1.165, 1.54) is 9.13 Å². The van der Waals surface area contributed by atoms with Crippen LogP contribution in [0.3, 0.4) is 0 Å². The average Bonchev–Trinajstić information content (AvgIpc) is 2.93. The predicted molar refractivity (Wildman–Crippen MR) is 104 cm³/mol. The summed E-state index contributed by atoms with van der Waals surface area (Å²) < 4.78 is 3.00. The van der Waals surface area contributed by atoms with Gasteiger partial charge in [-0.3, -0.25) is 33.7 Å². The van der Waals surface area contributed by atoms with E-state index in [-0.39, 0.29) is 23.9 Å². The highest BCUT2D eigenvalue weighted by Gasteiger charge is 2.31. The van der Waals surface area contributed by atoms with Gasteiger partial charge in [0.25, 0.3) is 0 Å². The number of aromatic nitrogens is 2. The molecule has 3 heterocycles. The van der Waals surface area contributed by atoms with Gasteiger partial charge in [0.1, 0.15) is 6.04 Å². The van der Waals surface area contributed by atoms with Crippen molar-refractivity contribution in [1.82, 2.24) is 19.4 Å². The van der Waals surface area contributed by atoms with Crippen molar-refractivity contribution in [2.75, 3.05) is 13.1 Å². The van der Waals surface area contributed by atoms with Gasteiger partial charge in [-0.05, 0) is 50.0 Å². The lowest BCUT2D eigenvalue weighted by Crippen LogP contribution is -2.44. The number of benzene rings is 1. The molecule has 2 aliphatic rings. The number of piperidine rings is 2. The summed E-state index contributed by atoms with van der Waals surface area (Å²) in [6.07, 6.45) is 1.80. The number of carboxylic acid groups (broad SMARTS) is 1. The molecule has 2 saturated heterocycles. The van der Waals surface area contributed by atoms with Crippen LogP contribution in [0.2, 0.25) is 0 Å². The van der Waals surface area contributed by atoms with Crippen LogP contribution in [0, 0.1) is 5.92 Å². The molecule has 2 fully saturated rings. The van der Waals surface area contributed by atoms with E-state index in [9.17, 15) is 19.2 Å². The monoisotopic (exact) mass is 400 g/mol. The molecule has 4 rings (SSSR count). The second-order valence-corrected chi connectivity index (χ2v) is 7.89. The Kier molecular flexibility index (Phi) is 4.99. The number of nitrogens with one attached hydrogen (secondary N) is 1. The fraction of sp³-hybridized carbons (Fsp3) is 0.500. The fourth-order valence-electron chi connectivity index (χ4n) is 4.33. The van der Waals surface area contributed by atoms with Crippen LogP contribution in [0.1, 0.15) is 37.3 Å². The topological polar surface area (TPSA) is 114 Å². The summed E-state index contributed by atoms with van der Waals surface area (Å²) in [7, 11) is 1.68. The van der Waals surface area contributed by atoms with Gasteiger partial charge in [-0.15, -0.1) is 0 Å². The normalized spacial score (nSPS) is 21.5. The number of carboxylic acids is 1. The summed E-state index contributed by atoms with van der Waals surface area (Å²) in [5.74, 6) is -1.75. The first-order chi connectivity index (χ1) is 13.8. The number of amides is 2. The van der Waals surface area contributed by atoms with Crippen LogP contribution in [0.4, 0.5) is 0 Å². The number of rotatable bonds is 4. The zero-order valence-electron chi connectivity index (χ0n) is 16.3. The minimum absolute atomic E-state index is 0.212. The molecule has 1 aromatic carbocycles. The van der Waals surface area contributed by atoms with Crippen molar-refractivity contribution in [2.24, 2.45) is 13.0 Å². The Morgan fingerprint density at radius 3 is 2.52 bits per heavy atom. The van der Waals surface area contributed by atoms with Gasteiger partial charge in [0, 0.05) is 20.0 Å². The van der Waals surface area contributed by atoms with E-state index in [1.807, 2.05) is 18.2 Å². The Balaban J connectivity index is 1.58. The molecule has 29 heavy (non-hydrogen) atoms. The zero-order chi connectivity index (χ0) is 20.7. The third kappa shape index (κ3) is 3.57. The summed E-state index contributed by atoms with van der Waals surface area (Å²) in [6, 6.07) is 5.04. The van der Waals surface area contributed by atoms with Crippen molar-refractivity contribution < 1.29 is 19.5 Å². The van der Waals surface area contributed by atoms with Gasteiger partial charge in [-0.25, -0.2) is 4.79 Å². The molecule has 0 saturated carbocycles. The highest BCUT2D eigenvalue weighted by molar-refractivity contribution is 6.00. The smallest absolute Gasteiger partial charge is 0.329 e. The van der Waals surface area contributed by atoms with E-state index < -0.39 is 17.9 Å². The first-order valence-electron chi connectivity index (χ1n) is 9.84. The Morgan fingerprint density at radius 1 is 1.14 bits per heavy atom. The zero-order valence-corrected chi connectivity index (χ0v) is 16.3. The number of fused-ring (bicyclic) bond motifs is 1. The van der Waals surface area contributed by atoms with Crippen LogP contribution in [0.15, 0.2) is 23.0 Å². The van der Waals surface area contributed by atoms with Crippen molar-refractivity contribution >= 4 is 28.8 Å². The number of imide groups is 1. The summed E-state index contributed by atoms with van der Waals surface area (Å²) in [5.41, 5.74) is 2.15. The molecule has 2 N–H and O–H groups in total. The van der Waals surface area contributed by atoms with E-state index in [2.05, 4.69) is 10.2 Å². The second kappa shape index (κ2) is 7.47. The highest BCUT2D eigenvalue weighted by atomic mass is 16.4. The molecule has 2 amide bonds. The number of carbonyl (C=O) groups is 3. The lowest BCUT2D eigenvalue weighted by Gasteiger charge is -2.30. The van der Waals surface area contributed by atoms with Crippen molar-refractivity contribution in [1.29, 1.82) is 0 Å². The van der Waals surface area contributed by atoms with Crippen molar-refractivity contribution in [3.05, 3.63) is 34.2 Å². The van der Waals surface area contributed by atoms with Crippen molar-refractivity contribution in [2.45, 2.75) is 38.3 Å². The Morgan fingerprint density at radius 2 is 1.86 bits per heavy atom. The molecule has 0 aliphatic carbocycles. The molecular formula is C20H24N4O5. The maximum atomic E-state index is 12.8. The van der Waals surface area contributed by atoms with Gasteiger partial charge in [-0.1, -0.05) is 6.07 Å². The van der Waals surface area contributed by atoms with E-state index in [1.54, 1.807) is 7.05 Å². The van der Waals surface area contributed by atoms with Gasteiger partial charge in [-0.2, -0.15) is 0 Å². The molecule has 2 aliphatic heterocycles. The number of hydrogen-bond acceptors (Lipinski definition) is 5. The Hall–Kier alpha value is -2.94. The molecule has 1 aromatic heterocycles. The largest absolute Gasteiger partial charge is 0.481 e. The summed E-state index contributed by atoms with van der Waals surface area (Å²) in [6.45, 7) is 2.14. The minimum Gasteiger partial charge on any atom is -0.481 e. The van der Waals surface area contributed by atoms with E-state index in [0.717, 1.165) is 24.2 Å². The SMILES string of the molecule is Cn1c(=O)n(C2CCC(=O)NC2=O)c2ccc(CN3CCC(C(=O)O)CC3)cc21. The second-order valence-electron chi connectivity index (χ2n) is 7.89. The quantitative estimate of drug-likeness (QED) is 0.727. The predicted octanol–water partition coefficient (Wildman–Crippen LogP) is 0.614. The average molecular weight is 400 g/mol. The number of carbonyl (C=O) groups excluding carboxylic acids is 2. The highest BCUT2D eigenvalue weighted by Crippen LogP contribution is 2.25. The van der Waals surface area contributed by atoms with E-state index in [4.69, 9.17) is 5.11 Å². The molecule has 2 aromatic rings. The van der Waals surface area contributed by atoms with Crippen LogP contribution in [0.5, 0.6) is 0 Å². The maximum Gasteiger partial charge on any atom is 0.329 e. The number of imidazole rings is 1. The van der Waals surface area contributed by atoms with Crippen LogP contribution in [0.25, 0.3) is 11.0 Å². The number of aryl methyl sites for hydroxylation is 1. The molecular weight excluding hydrogens is 376 g/mol. The number of hydrogen-bond donors (Lipinski definition) is 2. The van der Waals surface area contributed by atoms with Crippen LogP contribution in [-0.2, 0) is 28.0 Å². The number of aliphatic carboxylic acids is 1. The molecule has 1 unspecified atom stereocenters. The summed E-state index contributed by atoms with van der Waals surface area (Å²) in [5, 5.41) is 11.4. The van der Waals surface area contributed by atoms with Gasteiger partial charge in [0.05, 0.1) is 17.0 Å². The standard InChI is InChI=1S/C20H24N4O5/c1-22-16-10-12(11-23-8-6-13(7-9-23)19(27)28)2-3-14(16)24(20(22)29)15-4-5-17(25)21-18(15)26/h2-3,10,13,15H,4-9,11H2,1H3,(H,27,28)(H,21,25,26). The number of nitrogens with zero attached hydrogens (tertiary/aromatic N) is 3. The van der Waals surface area contributed by atoms with Crippen molar-refractivity contribution in [3.8, 4) is 0 Å². The van der Waals surface area contributed by atoms with Gasteiger partial charge in [0.2, 0.25) is 11.8 Å². The Bertz CT molecular complexity index is 1050. The molecule has 1 atom stereocenters. The molecule has 0 spiro atoms. The van der Waals surface area contributed by atoms with E-state index in [0.29, 0.717) is 31.3 Å². The van der Waals surface area contributed by atoms with Gasteiger partial charge >= 0.3 is 11.7 Å². The lowest BCUT2D eigenvalue weighted by molar-refractivity contribution is -0.143. The van der Waals surface area contributed by atoms with E-state index >= 15 is 0 Å². The fourth-order valence-corrected chi connectivity index (χ4v) is 4.33. The Labute approximate surface area is 166 Å². The summed E-state index contributed by atoms with van der Waals surface area (Å²) >= 11 is 0. The van der Waals surface area contributed by atoms with Crippen molar-refractivity contribution in [3.63, 3.8) is 0 Å². The molecule has 9 heteroatoms. The van der Waals surface area contributed by atoms with Crippen LogP contribution in [-0.4, -0.2) is 50.0 Å². The van der Waals surface area contributed by atoms with Gasteiger partial charge < -0.3 is 5.11 Å². The third-order valence-corrected chi connectivity index (χ3v) is 6.02. The van der Waals surface area contributed by atoms with Crippen LogP contribution >= 0.6 is 0 Å². The molecule has 0 bridgehead atoms. The van der Waals surface area contributed by atoms with Gasteiger partial charge in [0.15, 0.2) is 0 Å². The molecule has 9 nitrogen and oxygen atoms in total. The first-order valence-corrected chi connectivity index (χ1v) is 9.84. The maximum absolute atomic E-state index is 12.8. The minimum atomic E-state index is -0.726. The third-order valence-electron chi connectivity index (χ3n) is 6.02. The number of likely N-dealkylation sites (tertiary alicyclic amines) is 1. The lowest BCUT2D eigenvalue weighted by atomic mass is 9.97. The van der Waals surface area contributed by atoms with Crippen LogP contribution < -0.4 is 11.0 Å².